The van der Waals surface area contributed by atoms with E-state index in [1.54, 1.807) is 0 Å². The van der Waals surface area contributed by atoms with Gasteiger partial charge in [0.15, 0.2) is 0 Å². The fraction of sp³-hybridized carbons (Fsp3) is 0.625. The molecule has 1 aromatic rings. The first-order valence-corrected chi connectivity index (χ1v) is 7.04. The highest BCUT2D eigenvalue weighted by molar-refractivity contribution is 5.31. The summed E-state index contributed by atoms with van der Waals surface area (Å²) in [5.41, 5.74) is 2.05. The maximum Gasteiger partial charge on any atom is 0.0927 e. The summed E-state index contributed by atoms with van der Waals surface area (Å²) in [6.45, 7) is 2.21. The van der Waals surface area contributed by atoms with E-state index < -0.39 is 5.60 Å². The lowest BCUT2D eigenvalue weighted by Crippen LogP contribution is -2.32. The second-order valence-corrected chi connectivity index (χ2v) is 5.95. The van der Waals surface area contributed by atoms with Crippen LogP contribution in [0, 0.1) is 11.8 Å². The Morgan fingerprint density at radius 1 is 1.35 bits per heavy atom. The summed E-state index contributed by atoms with van der Waals surface area (Å²) in [6, 6.07) is 8.66. The first-order valence-electron chi connectivity index (χ1n) is 7.04. The third-order valence-corrected chi connectivity index (χ3v) is 4.78. The summed E-state index contributed by atoms with van der Waals surface area (Å²) < 4.78 is 0. The molecule has 1 aromatic carbocycles. The van der Waals surface area contributed by atoms with Gasteiger partial charge in [0.2, 0.25) is 0 Å². The molecular weight excluding hydrogens is 208 g/mol. The number of benzene rings is 1. The first kappa shape index (κ1) is 11.3. The fourth-order valence-electron chi connectivity index (χ4n) is 3.94. The van der Waals surface area contributed by atoms with Gasteiger partial charge in [0, 0.05) is 0 Å². The van der Waals surface area contributed by atoms with Crippen molar-refractivity contribution in [1.82, 2.24) is 0 Å². The molecule has 1 heteroatoms. The Morgan fingerprint density at radius 3 is 2.88 bits per heavy atom. The Hall–Kier alpha value is -0.820. The van der Waals surface area contributed by atoms with Gasteiger partial charge in [-0.3, -0.25) is 0 Å². The van der Waals surface area contributed by atoms with Crippen LogP contribution in [0.5, 0.6) is 0 Å². The summed E-state index contributed by atoms with van der Waals surface area (Å²) in [5.74, 6) is 1.30. The molecule has 2 bridgehead atoms. The van der Waals surface area contributed by atoms with Gasteiger partial charge in [-0.25, -0.2) is 0 Å². The minimum absolute atomic E-state index is 0.507. The number of hydrogen-bond donors (Lipinski definition) is 1. The Morgan fingerprint density at radius 2 is 2.24 bits per heavy atom. The van der Waals surface area contributed by atoms with E-state index in [-0.39, 0.29) is 0 Å². The van der Waals surface area contributed by atoms with Crippen molar-refractivity contribution >= 4 is 0 Å². The normalized spacial score (nSPS) is 35.4. The van der Waals surface area contributed by atoms with Crippen LogP contribution >= 0.6 is 0 Å². The summed E-state index contributed by atoms with van der Waals surface area (Å²) in [5, 5.41) is 10.9. The van der Waals surface area contributed by atoms with Crippen molar-refractivity contribution in [2.45, 2.75) is 51.0 Å². The molecule has 1 nitrogen and oxygen atoms in total. The van der Waals surface area contributed by atoms with Crippen molar-refractivity contribution in [3.8, 4) is 0 Å². The highest BCUT2D eigenvalue weighted by Gasteiger charge is 2.50. The van der Waals surface area contributed by atoms with Crippen LogP contribution in [0.25, 0.3) is 0 Å². The third-order valence-electron chi connectivity index (χ3n) is 4.78. The standard InChI is InChI=1S/C16H22O/c1-2-4-12-5-3-6-14(9-12)16(17)11-13-7-8-15(16)10-13/h3,5-6,9,13,15,17H,2,4,7-8,10-11H2,1H3. The molecule has 3 atom stereocenters. The second kappa shape index (κ2) is 4.13. The molecule has 0 radical (unpaired) electrons. The van der Waals surface area contributed by atoms with E-state index in [1.807, 2.05) is 0 Å². The molecule has 17 heavy (non-hydrogen) atoms. The van der Waals surface area contributed by atoms with Crippen LogP contribution in [-0.2, 0) is 12.0 Å². The number of rotatable bonds is 3. The van der Waals surface area contributed by atoms with Gasteiger partial charge in [-0.1, -0.05) is 37.6 Å². The lowest BCUT2D eigenvalue weighted by atomic mass is 9.78. The zero-order chi connectivity index (χ0) is 11.9. The smallest absolute Gasteiger partial charge is 0.0927 e. The maximum atomic E-state index is 10.9. The van der Waals surface area contributed by atoms with E-state index in [2.05, 4.69) is 31.2 Å². The van der Waals surface area contributed by atoms with E-state index in [4.69, 9.17) is 0 Å². The van der Waals surface area contributed by atoms with E-state index in [0.717, 1.165) is 18.8 Å². The van der Waals surface area contributed by atoms with Crippen molar-refractivity contribution < 1.29 is 5.11 Å². The van der Waals surface area contributed by atoms with E-state index in [1.165, 1.54) is 36.8 Å². The molecule has 2 aliphatic rings. The van der Waals surface area contributed by atoms with Crippen molar-refractivity contribution in [2.24, 2.45) is 11.8 Å². The van der Waals surface area contributed by atoms with Crippen molar-refractivity contribution in [3.63, 3.8) is 0 Å². The van der Waals surface area contributed by atoms with Gasteiger partial charge < -0.3 is 5.11 Å². The molecule has 0 aliphatic heterocycles. The van der Waals surface area contributed by atoms with Gasteiger partial charge in [-0.05, 0) is 55.1 Å². The molecule has 3 unspecified atom stereocenters. The van der Waals surface area contributed by atoms with E-state index in [9.17, 15) is 5.11 Å². The molecule has 2 saturated carbocycles. The zero-order valence-electron chi connectivity index (χ0n) is 10.7. The monoisotopic (exact) mass is 230 g/mol. The largest absolute Gasteiger partial charge is 0.385 e. The first-order chi connectivity index (χ1) is 8.22. The Bertz CT molecular complexity index is 412. The molecule has 92 valence electrons. The van der Waals surface area contributed by atoms with Gasteiger partial charge in [-0.2, -0.15) is 0 Å². The molecule has 2 aliphatic carbocycles. The van der Waals surface area contributed by atoms with Gasteiger partial charge in [0.25, 0.3) is 0 Å². The highest BCUT2D eigenvalue weighted by atomic mass is 16.3. The fourth-order valence-corrected chi connectivity index (χ4v) is 3.94. The summed E-state index contributed by atoms with van der Waals surface area (Å²) in [6.07, 6.45) is 7.09. The zero-order valence-corrected chi connectivity index (χ0v) is 10.7. The number of aryl methyl sites for hydroxylation is 1. The Kier molecular flexibility index (Phi) is 2.74. The Labute approximate surface area is 104 Å². The van der Waals surface area contributed by atoms with Crippen LogP contribution in [-0.4, -0.2) is 5.11 Å². The lowest BCUT2D eigenvalue weighted by molar-refractivity contribution is -0.0183. The summed E-state index contributed by atoms with van der Waals surface area (Å²) >= 11 is 0. The minimum atomic E-state index is -0.507. The van der Waals surface area contributed by atoms with Crippen LogP contribution < -0.4 is 0 Å². The predicted molar refractivity (Wildman–Crippen MR) is 69.8 cm³/mol. The van der Waals surface area contributed by atoms with Gasteiger partial charge >= 0.3 is 0 Å². The van der Waals surface area contributed by atoms with Crippen LogP contribution in [0.4, 0.5) is 0 Å². The molecule has 0 saturated heterocycles. The lowest BCUT2D eigenvalue weighted by Gasteiger charge is -2.33. The average molecular weight is 230 g/mol. The van der Waals surface area contributed by atoms with E-state index >= 15 is 0 Å². The van der Waals surface area contributed by atoms with Crippen molar-refractivity contribution in [1.29, 1.82) is 0 Å². The van der Waals surface area contributed by atoms with Crippen LogP contribution in [0.1, 0.15) is 50.2 Å². The molecule has 2 fully saturated rings. The predicted octanol–water partition coefficient (Wildman–Crippen LogP) is 3.65. The number of aliphatic hydroxyl groups is 1. The van der Waals surface area contributed by atoms with Crippen LogP contribution in [0.15, 0.2) is 24.3 Å². The summed E-state index contributed by atoms with van der Waals surface area (Å²) in [4.78, 5) is 0. The van der Waals surface area contributed by atoms with Crippen LogP contribution in [0.3, 0.4) is 0 Å². The third kappa shape index (κ3) is 1.81. The minimum Gasteiger partial charge on any atom is -0.385 e. The molecule has 0 aromatic heterocycles. The number of fused-ring (bicyclic) bond motifs is 2. The van der Waals surface area contributed by atoms with Gasteiger partial charge in [-0.15, -0.1) is 0 Å². The molecule has 0 amide bonds. The van der Waals surface area contributed by atoms with Gasteiger partial charge in [0.05, 0.1) is 5.60 Å². The molecule has 0 heterocycles. The van der Waals surface area contributed by atoms with E-state index in [0.29, 0.717) is 5.92 Å². The molecule has 1 N–H and O–H groups in total. The second-order valence-electron chi connectivity index (χ2n) is 5.95. The molecule has 0 spiro atoms. The van der Waals surface area contributed by atoms with Crippen molar-refractivity contribution in [2.75, 3.05) is 0 Å². The maximum absolute atomic E-state index is 10.9. The van der Waals surface area contributed by atoms with Crippen molar-refractivity contribution in [3.05, 3.63) is 35.4 Å². The topological polar surface area (TPSA) is 20.2 Å². The molecule has 3 rings (SSSR count). The van der Waals surface area contributed by atoms with Crippen LogP contribution in [0.2, 0.25) is 0 Å². The SMILES string of the molecule is CCCc1cccc(C2(O)CC3CCC2C3)c1. The number of hydrogen-bond acceptors (Lipinski definition) is 1. The Balaban J connectivity index is 1.90. The molecular formula is C16H22O. The quantitative estimate of drug-likeness (QED) is 0.840. The summed E-state index contributed by atoms with van der Waals surface area (Å²) in [7, 11) is 0. The average Bonchev–Trinajstić information content (AvgIpc) is 2.90. The van der Waals surface area contributed by atoms with Gasteiger partial charge in [0.1, 0.15) is 0 Å². The highest BCUT2D eigenvalue weighted by Crippen LogP contribution is 2.55.